The molecule has 3 aromatic rings. The molecule has 11 nitrogen and oxygen atoms in total. The summed E-state index contributed by atoms with van der Waals surface area (Å²) < 4.78 is 1.63. The lowest BCUT2D eigenvalue weighted by molar-refractivity contribution is -0.422. The number of benzene rings is 3. The molecule has 1 spiro atoms. The Labute approximate surface area is 229 Å². The number of nitro benzene ring substituents is 2. The van der Waals surface area contributed by atoms with Crippen molar-refractivity contribution in [3.63, 3.8) is 0 Å². The maximum absolute atomic E-state index is 13.4. The summed E-state index contributed by atoms with van der Waals surface area (Å²) in [5, 5.41) is 25.6. The number of Topliss-reactive ketones (excluding diaryl/α,β-unsaturated/α-hetero) is 1. The molecule has 13 heteroatoms. The van der Waals surface area contributed by atoms with E-state index in [0.717, 1.165) is 11.6 Å². The Morgan fingerprint density at radius 2 is 1.67 bits per heavy atom. The van der Waals surface area contributed by atoms with Crippen LogP contribution >= 0.6 is 23.7 Å². The van der Waals surface area contributed by atoms with Crippen LogP contribution in [0, 0.1) is 20.2 Å². The van der Waals surface area contributed by atoms with E-state index in [2.05, 4.69) is 5.32 Å². The Kier molecular flexibility index (Phi) is 5.96. The highest BCUT2D eigenvalue weighted by Crippen LogP contribution is 2.52. The van der Waals surface area contributed by atoms with Gasteiger partial charge in [-0.2, -0.15) is 0 Å². The molecule has 194 valence electrons. The molecule has 6 rings (SSSR count). The minimum Gasteiger partial charge on any atom is -0.323 e. The molecule has 3 aromatic carbocycles. The number of anilines is 1. The fourth-order valence-electron chi connectivity index (χ4n) is 4.86. The van der Waals surface area contributed by atoms with E-state index in [9.17, 15) is 29.8 Å². The third-order valence-electron chi connectivity index (χ3n) is 6.65. The number of fused-ring (bicyclic) bond motifs is 2. The Morgan fingerprint density at radius 1 is 0.949 bits per heavy atom. The second kappa shape index (κ2) is 9.36. The van der Waals surface area contributed by atoms with Crippen LogP contribution in [0.3, 0.4) is 0 Å². The number of ketones is 1. The molecular formula is C26H17N5O6S2. The first kappa shape index (κ1) is 24.8. The molecule has 3 aliphatic heterocycles. The van der Waals surface area contributed by atoms with Gasteiger partial charge in [-0.1, -0.05) is 66.4 Å². The molecule has 3 aliphatic rings. The van der Waals surface area contributed by atoms with E-state index in [0.29, 0.717) is 27.7 Å². The number of hydrogen-bond donors (Lipinski definition) is 1. The van der Waals surface area contributed by atoms with Crippen LogP contribution in [0.4, 0.5) is 17.1 Å². The summed E-state index contributed by atoms with van der Waals surface area (Å²) in [6.07, 6.45) is 1.81. The molecule has 1 saturated heterocycles. The van der Waals surface area contributed by atoms with Gasteiger partial charge in [-0.05, 0) is 35.2 Å². The zero-order valence-electron chi connectivity index (χ0n) is 19.8. The number of amidine groups is 1. The summed E-state index contributed by atoms with van der Waals surface area (Å²) in [6, 6.07) is 20.0. The number of carbonyl (C=O) groups is 2. The van der Waals surface area contributed by atoms with Crippen molar-refractivity contribution in [2.45, 2.75) is 10.8 Å². The number of thioether (sulfide) groups is 1. The first-order valence-corrected chi connectivity index (χ1v) is 13.5. The normalized spacial score (nSPS) is 21.8. The number of rotatable bonds is 4. The smallest absolute Gasteiger partial charge is 0.323 e. The third kappa shape index (κ3) is 3.89. The molecule has 0 saturated carbocycles. The molecule has 0 aromatic heterocycles. The topological polar surface area (TPSA) is 148 Å². The van der Waals surface area contributed by atoms with Gasteiger partial charge in [-0.15, -0.1) is 0 Å². The zero-order chi connectivity index (χ0) is 27.3. The summed E-state index contributed by atoms with van der Waals surface area (Å²) in [5.41, 5.74) is -0.0164. The van der Waals surface area contributed by atoms with Crippen molar-refractivity contribution in [2.24, 2.45) is 4.99 Å². The highest BCUT2D eigenvalue weighted by molar-refractivity contribution is 8.15. The molecule has 2 atom stereocenters. The van der Waals surface area contributed by atoms with Crippen LogP contribution in [0.1, 0.15) is 21.9 Å². The summed E-state index contributed by atoms with van der Waals surface area (Å²) in [7, 11) is 0. The first-order valence-electron chi connectivity index (χ1n) is 11.6. The predicted octanol–water partition coefficient (Wildman–Crippen LogP) is 5.07. The van der Waals surface area contributed by atoms with Gasteiger partial charge in [-0.3, -0.25) is 34.1 Å². The minimum absolute atomic E-state index is 0.0549. The van der Waals surface area contributed by atoms with Crippen molar-refractivity contribution in [3.8, 4) is 0 Å². The van der Waals surface area contributed by atoms with Gasteiger partial charge < -0.3 is 5.32 Å². The van der Waals surface area contributed by atoms with E-state index in [1.165, 1.54) is 35.8 Å². The molecule has 0 radical (unpaired) electrons. The molecule has 0 bridgehead atoms. The average molecular weight is 560 g/mol. The molecule has 39 heavy (non-hydrogen) atoms. The van der Waals surface area contributed by atoms with Crippen molar-refractivity contribution in [3.05, 3.63) is 116 Å². The quantitative estimate of drug-likeness (QED) is 0.200. The number of aliphatic imine (C=N–C) groups is 1. The van der Waals surface area contributed by atoms with Crippen LogP contribution in [0.25, 0.3) is 5.70 Å². The fraction of sp³-hybridized carbons (Fsp3) is 0.115. The molecule has 3 heterocycles. The van der Waals surface area contributed by atoms with Gasteiger partial charge in [0.2, 0.25) is 5.54 Å². The van der Waals surface area contributed by atoms with Gasteiger partial charge in [0.05, 0.1) is 26.5 Å². The number of amides is 1. The monoisotopic (exact) mass is 559 g/mol. The first-order chi connectivity index (χ1) is 18.8. The third-order valence-corrected chi connectivity index (χ3v) is 9.01. The second-order valence-corrected chi connectivity index (χ2v) is 10.8. The number of nitro groups is 2. The average Bonchev–Trinajstić information content (AvgIpc) is 3.45. The fourth-order valence-corrected chi connectivity index (χ4v) is 7.32. The van der Waals surface area contributed by atoms with E-state index in [4.69, 9.17) is 4.99 Å². The largest absolute Gasteiger partial charge is 0.346 e. The van der Waals surface area contributed by atoms with Crippen LogP contribution in [0.15, 0.2) is 83.9 Å². The van der Waals surface area contributed by atoms with Gasteiger partial charge in [0, 0.05) is 23.4 Å². The van der Waals surface area contributed by atoms with Gasteiger partial charge in [0.1, 0.15) is 0 Å². The highest BCUT2D eigenvalue weighted by atomic mass is 32.2. The van der Waals surface area contributed by atoms with Gasteiger partial charge in [0.25, 0.3) is 5.91 Å². The SMILES string of the molecule is O=C1CSN(C2=NC(c3ccccc3)=CC(c3ccc([N+](=O)[O-])c([N+](=O)[O-])c3)S2)C12C(=O)Nc1ccccc12. The molecular weight excluding hydrogens is 542 g/mol. The molecule has 1 fully saturated rings. The lowest BCUT2D eigenvalue weighted by Crippen LogP contribution is -2.51. The van der Waals surface area contributed by atoms with Crippen molar-refractivity contribution in [1.29, 1.82) is 0 Å². The highest BCUT2D eigenvalue weighted by Gasteiger charge is 2.62. The predicted molar refractivity (Wildman–Crippen MR) is 148 cm³/mol. The van der Waals surface area contributed by atoms with Crippen LogP contribution in [0.2, 0.25) is 0 Å². The summed E-state index contributed by atoms with van der Waals surface area (Å²) in [4.78, 5) is 53.1. The van der Waals surface area contributed by atoms with Gasteiger partial charge in [0.15, 0.2) is 11.0 Å². The number of nitrogens with zero attached hydrogens (tertiary/aromatic N) is 4. The maximum Gasteiger partial charge on any atom is 0.346 e. The Morgan fingerprint density at radius 3 is 2.41 bits per heavy atom. The molecule has 1 N–H and O–H groups in total. The maximum atomic E-state index is 13.4. The summed E-state index contributed by atoms with van der Waals surface area (Å²) in [6.45, 7) is 0. The number of nitrogens with one attached hydrogen (secondary N) is 1. The number of carbonyl (C=O) groups excluding carboxylic acids is 2. The van der Waals surface area contributed by atoms with Crippen molar-refractivity contribution in [2.75, 3.05) is 11.1 Å². The van der Waals surface area contributed by atoms with Crippen molar-refractivity contribution >= 4 is 63.3 Å². The van der Waals surface area contributed by atoms with Crippen LogP contribution in [-0.2, 0) is 15.1 Å². The Balaban J connectivity index is 1.49. The van der Waals surface area contributed by atoms with Crippen LogP contribution in [0.5, 0.6) is 0 Å². The van der Waals surface area contributed by atoms with Crippen molar-refractivity contribution < 1.29 is 19.4 Å². The Hall–Kier alpha value is -4.49. The summed E-state index contributed by atoms with van der Waals surface area (Å²) in [5.74, 6) is -0.698. The van der Waals surface area contributed by atoms with Gasteiger partial charge in [-0.25, -0.2) is 4.99 Å². The van der Waals surface area contributed by atoms with E-state index in [-0.39, 0.29) is 11.5 Å². The van der Waals surface area contributed by atoms with E-state index >= 15 is 0 Å². The lowest BCUT2D eigenvalue weighted by Gasteiger charge is -2.34. The zero-order valence-corrected chi connectivity index (χ0v) is 21.5. The van der Waals surface area contributed by atoms with E-state index in [1.807, 2.05) is 36.4 Å². The second-order valence-electron chi connectivity index (χ2n) is 8.81. The van der Waals surface area contributed by atoms with Crippen molar-refractivity contribution in [1.82, 2.24) is 4.31 Å². The lowest BCUT2D eigenvalue weighted by atomic mass is 9.87. The Bertz CT molecular complexity index is 1640. The number of hydrogen-bond acceptors (Lipinski definition) is 10. The van der Waals surface area contributed by atoms with E-state index < -0.39 is 37.9 Å². The van der Waals surface area contributed by atoms with E-state index in [1.54, 1.807) is 28.6 Å². The molecule has 2 unspecified atom stereocenters. The standard InChI is InChI=1S/C26H17N5O6S2/c32-23-14-38-29(26(23)17-8-4-5-9-18(17)27-24(26)33)25-28-19(15-6-2-1-3-7-15)13-22(39-25)16-10-11-20(30(34)35)21(12-16)31(36)37/h1-13,22H,14H2,(H,27,33). The minimum atomic E-state index is -1.61. The summed E-state index contributed by atoms with van der Waals surface area (Å²) >= 11 is 2.38. The van der Waals surface area contributed by atoms with Gasteiger partial charge >= 0.3 is 11.4 Å². The molecule has 0 aliphatic carbocycles. The molecule has 1 amide bonds. The van der Waals surface area contributed by atoms with Crippen LogP contribution in [-0.4, -0.2) is 36.8 Å². The number of para-hydroxylation sites is 1. The van der Waals surface area contributed by atoms with Crippen LogP contribution < -0.4 is 5.32 Å².